The van der Waals surface area contributed by atoms with Crippen LogP contribution in [0.5, 0.6) is 0 Å². The summed E-state index contributed by atoms with van der Waals surface area (Å²) in [6.07, 6.45) is 3.55. The summed E-state index contributed by atoms with van der Waals surface area (Å²) in [5.41, 5.74) is 0.813. The first-order valence-electron chi connectivity index (χ1n) is 6.52. The van der Waals surface area contributed by atoms with E-state index < -0.39 is 0 Å². The van der Waals surface area contributed by atoms with Crippen molar-refractivity contribution in [2.24, 2.45) is 0 Å². The molecule has 0 radical (unpaired) electrons. The van der Waals surface area contributed by atoms with Gasteiger partial charge in [-0.25, -0.2) is 4.98 Å². The highest BCUT2D eigenvalue weighted by Crippen LogP contribution is 2.31. The van der Waals surface area contributed by atoms with Crippen LogP contribution in [0.15, 0.2) is 29.8 Å². The molecule has 2 aromatic heterocycles. The summed E-state index contributed by atoms with van der Waals surface area (Å²) in [6, 6.07) is 5.64. The van der Waals surface area contributed by atoms with Crippen molar-refractivity contribution >= 4 is 22.8 Å². The fourth-order valence-electron chi connectivity index (χ4n) is 2.03. The maximum absolute atomic E-state index is 11.1. The van der Waals surface area contributed by atoms with Crippen LogP contribution in [0.3, 0.4) is 0 Å². The second kappa shape index (κ2) is 6.47. The SMILES string of the molecule is CCCC(Nc1ncc(C)cc1[N+](=O)[O-])c1cccs1. The Balaban J connectivity index is 2.29. The van der Waals surface area contributed by atoms with Crippen LogP contribution in [-0.4, -0.2) is 9.91 Å². The summed E-state index contributed by atoms with van der Waals surface area (Å²) in [6.45, 7) is 3.89. The van der Waals surface area contributed by atoms with Gasteiger partial charge < -0.3 is 5.32 Å². The number of hydrogen-bond donors (Lipinski definition) is 1. The zero-order chi connectivity index (χ0) is 14.5. The fourth-order valence-corrected chi connectivity index (χ4v) is 2.85. The van der Waals surface area contributed by atoms with Gasteiger partial charge in [0.2, 0.25) is 5.82 Å². The number of nitro groups is 1. The van der Waals surface area contributed by atoms with E-state index in [1.165, 1.54) is 4.88 Å². The molecule has 0 aliphatic heterocycles. The Morgan fingerprint density at radius 1 is 1.55 bits per heavy atom. The average Bonchev–Trinajstić information content (AvgIpc) is 2.93. The number of rotatable bonds is 6. The van der Waals surface area contributed by atoms with Crippen molar-refractivity contribution in [1.29, 1.82) is 0 Å². The molecule has 0 fully saturated rings. The molecule has 0 bridgehead atoms. The van der Waals surface area contributed by atoms with Gasteiger partial charge in [0.05, 0.1) is 11.0 Å². The summed E-state index contributed by atoms with van der Waals surface area (Å²) in [5.74, 6) is 0.340. The van der Waals surface area contributed by atoms with E-state index in [9.17, 15) is 10.1 Å². The van der Waals surface area contributed by atoms with Crippen LogP contribution in [0.25, 0.3) is 0 Å². The van der Waals surface area contributed by atoms with Crippen LogP contribution >= 0.6 is 11.3 Å². The smallest absolute Gasteiger partial charge is 0.311 e. The molecule has 5 nitrogen and oxygen atoms in total. The number of nitrogens with one attached hydrogen (secondary N) is 1. The molecule has 0 aliphatic carbocycles. The van der Waals surface area contributed by atoms with Crippen LogP contribution in [0.2, 0.25) is 0 Å². The third-order valence-electron chi connectivity index (χ3n) is 2.98. The molecule has 0 spiro atoms. The van der Waals surface area contributed by atoms with Gasteiger partial charge in [0.25, 0.3) is 0 Å². The van der Waals surface area contributed by atoms with Gasteiger partial charge in [-0.15, -0.1) is 11.3 Å². The van der Waals surface area contributed by atoms with Crippen molar-refractivity contribution in [3.63, 3.8) is 0 Å². The van der Waals surface area contributed by atoms with Crippen molar-refractivity contribution in [2.45, 2.75) is 32.7 Å². The molecule has 1 atom stereocenters. The molecule has 0 saturated carbocycles. The fraction of sp³-hybridized carbons (Fsp3) is 0.357. The molecular weight excluding hydrogens is 274 g/mol. The molecule has 2 rings (SSSR count). The highest BCUT2D eigenvalue weighted by Gasteiger charge is 2.20. The van der Waals surface area contributed by atoms with E-state index in [0.717, 1.165) is 18.4 Å². The van der Waals surface area contributed by atoms with Crippen LogP contribution in [-0.2, 0) is 0 Å². The highest BCUT2D eigenvalue weighted by atomic mass is 32.1. The molecule has 0 saturated heterocycles. The Labute approximate surface area is 121 Å². The third kappa shape index (κ3) is 3.33. The molecular formula is C14H17N3O2S. The number of anilines is 1. The van der Waals surface area contributed by atoms with Crippen molar-refractivity contribution < 1.29 is 4.92 Å². The lowest BCUT2D eigenvalue weighted by molar-refractivity contribution is -0.384. The first kappa shape index (κ1) is 14.5. The Bertz CT molecular complexity index is 584. The van der Waals surface area contributed by atoms with Crippen LogP contribution < -0.4 is 5.32 Å². The molecule has 0 amide bonds. The Morgan fingerprint density at radius 2 is 2.35 bits per heavy atom. The molecule has 106 valence electrons. The minimum absolute atomic E-state index is 0.0302. The second-order valence-electron chi connectivity index (χ2n) is 4.64. The summed E-state index contributed by atoms with van der Waals surface area (Å²) in [5, 5.41) is 16.4. The summed E-state index contributed by atoms with van der Waals surface area (Å²) < 4.78 is 0. The average molecular weight is 291 g/mol. The van der Waals surface area contributed by atoms with Crippen molar-refractivity contribution in [2.75, 3.05) is 5.32 Å². The lowest BCUT2D eigenvalue weighted by Crippen LogP contribution is -2.12. The lowest BCUT2D eigenvalue weighted by Gasteiger charge is -2.17. The Morgan fingerprint density at radius 3 is 2.95 bits per heavy atom. The van der Waals surface area contributed by atoms with Gasteiger partial charge in [-0.2, -0.15) is 0 Å². The first-order chi connectivity index (χ1) is 9.61. The molecule has 1 unspecified atom stereocenters. The molecule has 0 aliphatic rings. The number of pyridine rings is 1. The molecule has 0 aromatic carbocycles. The highest BCUT2D eigenvalue weighted by molar-refractivity contribution is 7.10. The summed E-state index contributed by atoms with van der Waals surface area (Å²) >= 11 is 1.65. The van der Waals surface area contributed by atoms with Crippen LogP contribution in [0.1, 0.15) is 36.2 Å². The minimum Gasteiger partial charge on any atom is -0.357 e. The summed E-state index contributed by atoms with van der Waals surface area (Å²) in [7, 11) is 0. The van der Waals surface area contributed by atoms with E-state index in [0.29, 0.717) is 5.82 Å². The van der Waals surface area contributed by atoms with Gasteiger partial charge in [0.1, 0.15) is 0 Å². The van der Waals surface area contributed by atoms with Crippen molar-refractivity contribution in [3.8, 4) is 0 Å². The molecule has 20 heavy (non-hydrogen) atoms. The largest absolute Gasteiger partial charge is 0.357 e. The maximum atomic E-state index is 11.1. The quantitative estimate of drug-likeness (QED) is 0.636. The molecule has 2 heterocycles. The monoisotopic (exact) mass is 291 g/mol. The Hall–Kier alpha value is -1.95. The predicted molar refractivity (Wildman–Crippen MR) is 81.2 cm³/mol. The van der Waals surface area contributed by atoms with Gasteiger partial charge in [-0.05, 0) is 30.4 Å². The molecule has 6 heteroatoms. The molecule has 2 aromatic rings. The normalized spacial score (nSPS) is 12.1. The second-order valence-corrected chi connectivity index (χ2v) is 5.62. The van der Waals surface area contributed by atoms with Gasteiger partial charge in [0.15, 0.2) is 0 Å². The number of thiophene rings is 1. The summed E-state index contributed by atoms with van der Waals surface area (Å²) in [4.78, 5) is 16.1. The van der Waals surface area contributed by atoms with Gasteiger partial charge in [-0.3, -0.25) is 10.1 Å². The number of aryl methyl sites for hydroxylation is 1. The Kier molecular flexibility index (Phi) is 4.68. The topological polar surface area (TPSA) is 68.1 Å². The number of nitrogens with zero attached hydrogens (tertiary/aromatic N) is 2. The van der Waals surface area contributed by atoms with Gasteiger partial charge >= 0.3 is 5.69 Å². The minimum atomic E-state index is -0.389. The van der Waals surface area contributed by atoms with Crippen LogP contribution in [0.4, 0.5) is 11.5 Å². The van der Waals surface area contributed by atoms with E-state index in [1.54, 1.807) is 30.5 Å². The van der Waals surface area contributed by atoms with E-state index in [1.807, 2.05) is 17.5 Å². The van der Waals surface area contributed by atoms with Crippen molar-refractivity contribution in [3.05, 3.63) is 50.3 Å². The molecule has 1 N–H and O–H groups in total. The van der Waals surface area contributed by atoms with Crippen molar-refractivity contribution in [1.82, 2.24) is 4.98 Å². The van der Waals surface area contributed by atoms with Gasteiger partial charge in [0, 0.05) is 17.1 Å². The maximum Gasteiger partial charge on any atom is 0.311 e. The van der Waals surface area contributed by atoms with E-state index >= 15 is 0 Å². The van der Waals surface area contributed by atoms with Crippen LogP contribution in [0, 0.1) is 17.0 Å². The standard InChI is InChI=1S/C14H17N3O2S/c1-3-5-11(13-6-4-7-20-13)16-14-12(17(18)19)8-10(2)9-15-14/h4,6-9,11H,3,5H2,1-2H3,(H,15,16). The zero-order valence-corrected chi connectivity index (χ0v) is 12.3. The van der Waals surface area contributed by atoms with E-state index in [4.69, 9.17) is 0 Å². The lowest BCUT2D eigenvalue weighted by atomic mass is 10.1. The number of aromatic nitrogens is 1. The first-order valence-corrected chi connectivity index (χ1v) is 7.40. The van der Waals surface area contributed by atoms with Gasteiger partial charge in [-0.1, -0.05) is 19.4 Å². The van der Waals surface area contributed by atoms with E-state index in [2.05, 4.69) is 17.2 Å². The van der Waals surface area contributed by atoms with E-state index in [-0.39, 0.29) is 16.7 Å². The number of hydrogen-bond acceptors (Lipinski definition) is 5. The zero-order valence-electron chi connectivity index (χ0n) is 11.5. The predicted octanol–water partition coefficient (Wildman–Crippen LogP) is 4.31. The third-order valence-corrected chi connectivity index (χ3v) is 3.96.